The summed E-state index contributed by atoms with van der Waals surface area (Å²) in [5.74, 6) is -1.44. The van der Waals surface area contributed by atoms with E-state index >= 15 is 0 Å². The van der Waals surface area contributed by atoms with Crippen molar-refractivity contribution in [3.8, 4) is 5.75 Å². The maximum Gasteiger partial charge on any atom is 0.265 e. The first kappa shape index (κ1) is 15.5. The van der Waals surface area contributed by atoms with Gasteiger partial charge in [-0.15, -0.1) is 6.58 Å². The summed E-state index contributed by atoms with van der Waals surface area (Å²) in [5, 5.41) is 2.43. The predicted octanol–water partition coefficient (Wildman–Crippen LogP) is 1.43. The molecule has 1 aromatic rings. The highest BCUT2D eigenvalue weighted by molar-refractivity contribution is 8.13. The maximum absolute atomic E-state index is 13.0. The standard InChI is InChI=1S/C11H11ClFNO4S/c1-2-5-14-11(15)7-18-9-4-3-8(13)6-10(9)19(12,16)17/h2-4,6H,1,5,7H2,(H,14,15). The molecule has 8 heteroatoms. The molecule has 0 unspecified atom stereocenters. The molecule has 0 aliphatic carbocycles. The molecular formula is C11H11ClFNO4S. The van der Waals surface area contributed by atoms with Gasteiger partial charge >= 0.3 is 0 Å². The third kappa shape index (κ3) is 4.88. The van der Waals surface area contributed by atoms with Crippen molar-refractivity contribution in [1.82, 2.24) is 5.32 Å². The van der Waals surface area contributed by atoms with Crippen LogP contribution in [0.3, 0.4) is 0 Å². The van der Waals surface area contributed by atoms with E-state index in [1.165, 1.54) is 6.08 Å². The Morgan fingerprint density at radius 1 is 1.53 bits per heavy atom. The summed E-state index contributed by atoms with van der Waals surface area (Å²) >= 11 is 0. The highest BCUT2D eigenvalue weighted by Crippen LogP contribution is 2.27. The van der Waals surface area contributed by atoms with E-state index in [0.717, 1.165) is 18.2 Å². The number of rotatable bonds is 6. The van der Waals surface area contributed by atoms with Gasteiger partial charge in [-0.2, -0.15) is 0 Å². The van der Waals surface area contributed by atoms with E-state index in [2.05, 4.69) is 11.9 Å². The van der Waals surface area contributed by atoms with E-state index in [0.29, 0.717) is 0 Å². The van der Waals surface area contributed by atoms with E-state index in [4.69, 9.17) is 15.4 Å². The molecule has 0 aliphatic rings. The fraction of sp³-hybridized carbons (Fsp3) is 0.182. The lowest BCUT2D eigenvalue weighted by Gasteiger charge is -2.09. The number of halogens is 2. The fourth-order valence-corrected chi connectivity index (χ4v) is 2.15. The molecule has 19 heavy (non-hydrogen) atoms. The third-order valence-corrected chi connectivity index (χ3v) is 3.31. The summed E-state index contributed by atoms with van der Waals surface area (Å²) in [7, 11) is 0.985. The van der Waals surface area contributed by atoms with E-state index in [9.17, 15) is 17.6 Å². The Labute approximate surface area is 114 Å². The molecule has 0 aliphatic heterocycles. The van der Waals surface area contributed by atoms with Gasteiger partial charge in [0.25, 0.3) is 15.0 Å². The summed E-state index contributed by atoms with van der Waals surface area (Å²) in [6.07, 6.45) is 1.48. The quantitative estimate of drug-likeness (QED) is 0.637. The molecule has 0 radical (unpaired) electrons. The van der Waals surface area contributed by atoms with E-state index < -0.39 is 32.3 Å². The smallest absolute Gasteiger partial charge is 0.265 e. The second kappa shape index (κ2) is 6.53. The number of carbonyl (C=O) groups is 1. The van der Waals surface area contributed by atoms with Gasteiger partial charge in [-0.25, -0.2) is 12.8 Å². The zero-order valence-corrected chi connectivity index (χ0v) is 11.3. The van der Waals surface area contributed by atoms with Crippen LogP contribution in [-0.2, 0) is 13.8 Å². The van der Waals surface area contributed by atoms with Crippen LogP contribution in [0.2, 0.25) is 0 Å². The number of carbonyl (C=O) groups excluding carboxylic acids is 1. The number of benzene rings is 1. The number of hydrogen-bond donors (Lipinski definition) is 1. The molecule has 0 bridgehead atoms. The summed E-state index contributed by atoms with van der Waals surface area (Å²) in [6.45, 7) is 3.25. The third-order valence-electron chi connectivity index (χ3n) is 1.97. The Morgan fingerprint density at radius 2 is 2.21 bits per heavy atom. The van der Waals surface area contributed by atoms with Crippen molar-refractivity contribution in [1.29, 1.82) is 0 Å². The van der Waals surface area contributed by atoms with Crippen LogP contribution >= 0.6 is 10.7 Å². The molecule has 5 nitrogen and oxygen atoms in total. The molecule has 0 aromatic heterocycles. The lowest BCUT2D eigenvalue weighted by molar-refractivity contribution is -0.122. The molecule has 1 N–H and O–H groups in total. The van der Waals surface area contributed by atoms with Gasteiger partial charge in [0.05, 0.1) is 0 Å². The van der Waals surface area contributed by atoms with Crippen molar-refractivity contribution >= 4 is 25.6 Å². The van der Waals surface area contributed by atoms with Crippen LogP contribution in [0.1, 0.15) is 0 Å². The predicted molar refractivity (Wildman–Crippen MR) is 68.1 cm³/mol. The fourth-order valence-electron chi connectivity index (χ4n) is 1.17. The molecule has 1 amide bonds. The van der Waals surface area contributed by atoms with Crippen LogP contribution in [0.25, 0.3) is 0 Å². The van der Waals surface area contributed by atoms with E-state index in [-0.39, 0.29) is 12.3 Å². The van der Waals surface area contributed by atoms with Crippen LogP contribution in [0, 0.1) is 5.82 Å². The minimum Gasteiger partial charge on any atom is -0.482 e. The minimum absolute atomic E-state index is 0.190. The molecule has 1 rings (SSSR count). The average molecular weight is 308 g/mol. The molecule has 1 aromatic carbocycles. The highest BCUT2D eigenvalue weighted by Gasteiger charge is 2.18. The van der Waals surface area contributed by atoms with Gasteiger partial charge in [0.1, 0.15) is 16.5 Å². The lowest BCUT2D eigenvalue weighted by atomic mass is 10.3. The van der Waals surface area contributed by atoms with Crippen LogP contribution in [0.4, 0.5) is 4.39 Å². The summed E-state index contributed by atoms with van der Waals surface area (Å²) in [4.78, 5) is 10.7. The molecule has 104 valence electrons. The first-order valence-electron chi connectivity index (χ1n) is 5.09. The van der Waals surface area contributed by atoms with E-state index in [1.807, 2.05) is 0 Å². The zero-order chi connectivity index (χ0) is 14.5. The van der Waals surface area contributed by atoms with Gasteiger partial charge < -0.3 is 10.1 Å². The number of nitrogens with one attached hydrogen (secondary N) is 1. The largest absolute Gasteiger partial charge is 0.482 e. The SMILES string of the molecule is C=CCNC(=O)COc1ccc(F)cc1S(=O)(=O)Cl. The topological polar surface area (TPSA) is 72.5 Å². The van der Waals surface area contributed by atoms with Crippen LogP contribution in [0.5, 0.6) is 5.75 Å². The maximum atomic E-state index is 13.0. The Kier molecular flexibility index (Phi) is 5.31. The van der Waals surface area contributed by atoms with Crippen LogP contribution in [-0.4, -0.2) is 27.5 Å². The number of ether oxygens (including phenoxy) is 1. The van der Waals surface area contributed by atoms with Crippen molar-refractivity contribution in [2.24, 2.45) is 0 Å². The molecule has 0 fully saturated rings. The van der Waals surface area contributed by atoms with Crippen molar-refractivity contribution in [2.75, 3.05) is 13.2 Å². The monoisotopic (exact) mass is 307 g/mol. The molecule has 0 saturated heterocycles. The van der Waals surface area contributed by atoms with Crippen molar-refractivity contribution in [3.63, 3.8) is 0 Å². The summed E-state index contributed by atoms with van der Waals surface area (Å²) in [6, 6.07) is 2.81. The van der Waals surface area contributed by atoms with Gasteiger partial charge in [0.15, 0.2) is 6.61 Å². The van der Waals surface area contributed by atoms with Gasteiger partial charge in [-0.05, 0) is 18.2 Å². The summed E-state index contributed by atoms with van der Waals surface area (Å²) < 4.78 is 40.4. The number of amides is 1. The van der Waals surface area contributed by atoms with E-state index in [1.54, 1.807) is 0 Å². The summed E-state index contributed by atoms with van der Waals surface area (Å²) in [5.41, 5.74) is 0. The second-order valence-corrected chi connectivity index (χ2v) is 5.94. The Bertz CT molecular complexity index is 588. The van der Waals surface area contributed by atoms with Crippen molar-refractivity contribution in [2.45, 2.75) is 4.90 Å². The van der Waals surface area contributed by atoms with Gasteiger partial charge in [-0.1, -0.05) is 6.08 Å². The average Bonchev–Trinajstić information content (AvgIpc) is 2.33. The first-order chi connectivity index (χ1) is 8.84. The van der Waals surface area contributed by atoms with Crippen LogP contribution < -0.4 is 10.1 Å². The molecule has 0 saturated carbocycles. The molecular weight excluding hydrogens is 297 g/mol. The number of hydrogen-bond acceptors (Lipinski definition) is 4. The highest BCUT2D eigenvalue weighted by atomic mass is 35.7. The Morgan fingerprint density at radius 3 is 2.79 bits per heavy atom. The van der Waals surface area contributed by atoms with Crippen molar-refractivity contribution in [3.05, 3.63) is 36.7 Å². The van der Waals surface area contributed by atoms with Gasteiger partial charge in [0, 0.05) is 17.2 Å². The molecule has 0 heterocycles. The molecule has 0 spiro atoms. The first-order valence-corrected chi connectivity index (χ1v) is 7.40. The Balaban J connectivity index is 2.84. The zero-order valence-electron chi connectivity index (χ0n) is 9.73. The second-order valence-electron chi connectivity index (χ2n) is 3.41. The van der Waals surface area contributed by atoms with Crippen molar-refractivity contribution < 1.29 is 22.3 Å². The molecule has 0 atom stereocenters. The Hall–Kier alpha value is -1.60. The van der Waals surface area contributed by atoms with Gasteiger partial charge in [0.2, 0.25) is 0 Å². The van der Waals surface area contributed by atoms with Gasteiger partial charge in [-0.3, -0.25) is 4.79 Å². The lowest BCUT2D eigenvalue weighted by Crippen LogP contribution is -2.29. The normalized spacial score (nSPS) is 10.8. The minimum atomic E-state index is -4.16. The van der Waals surface area contributed by atoms with Crippen LogP contribution in [0.15, 0.2) is 35.7 Å².